The van der Waals surface area contributed by atoms with Crippen molar-refractivity contribution in [2.24, 2.45) is 23.2 Å². The van der Waals surface area contributed by atoms with E-state index in [1.54, 1.807) is 0 Å². The van der Waals surface area contributed by atoms with Gasteiger partial charge in [-0.1, -0.05) is 25.7 Å². The van der Waals surface area contributed by atoms with E-state index in [2.05, 4.69) is 0 Å². The van der Waals surface area contributed by atoms with Gasteiger partial charge in [0.25, 0.3) is 0 Å². The summed E-state index contributed by atoms with van der Waals surface area (Å²) in [7, 11) is 0. The van der Waals surface area contributed by atoms with Crippen LogP contribution in [-0.2, 0) is 4.79 Å². The van der Waals surface area contributed by atoms with Crippen molar-refractivity contribution in [3.63, 3.8) is 0 Å². The molecule has 0 aliphatic heterocycles. The smallest absolute Gasteiger partial charge is 0.309 e. The Hall–Kier alpha value is -0.530. The predicted octanol–water partition coefficient (Wildman–Crippen LogP) is 3.07. The van der Waals surface area contributed by atoms with Crippen LogP contribution in [-0.4, -0.2) is 11.1 Å². The molecule has 0 aromatic carbocycles. The van der Waals surface area contributed by atoms with E-state index in [4.69, 9.17) is 0 Å². The third kappa shape index (κ3) is 1.33. The second kappa shape index (κ2) is 3.23. The molecule has 0 aromatic rings. The summed E-state index contributed by atoms with van der Waals surface area (Å²) in [4.78, 5) is 11.6. The van der Waals surface area contributed by atoms with Crippen molar-refractivity contribution >= 4 is 5.97 Å². The van der Waals surface area contributed by atoms with Gasteiger partial charge in [-0.25, -0.2) is 0 Å². The number of aliphatic carboxylic acids is 1. The Balaban J connectivity index is 1.79. The van der Waals surface area contributed by atoms with Gasteiger partial charge in [0, 0.05) is 0 Å². The maximum atomic E-state index is 11.6. The fourth-order valence-corrected chi connectivity index (χ4v) is 4.26. The summed E-state index contributed by atoms with van der Waals surface area (Å²) in [6.07, 6.45) is 9.56. The molecule has 0 radical (unpaired) electrons. The molecule has 0 aromatic heterocycles. The van der Waals surface area contributed by atoms with Gasteiger partial charge in [0.1, 0.15) is 0 Å². The van der Waals surface area contributed by atoms with Crippen molar-refractivity contribution in [3.05, 3.63) is 0 Å². The van der Waals surface area contributed by atoms with Crippen LogP contribution < -0.4 is 0 Å². The van der Waals surface area contributed by atoms with Crippen molar-refractivity contribution in [3.8, 4) is 0 Å². The Morgan fingerprint density at radius 2 is 2.07 bits per heavy atom. The van der Waals surface area contributed by atoms with Crippen LogP contribution in [0.15, 0.2) is 0 Å². The Bertz CT molecular complexity index is 282. The molecule has 3 saturated carbocycles. The second-order valence-electron chi connectivity index (χ2n) is 6.04. The third-order valence-corrected chi connectivity index (χ3v) is 5.28. The monoisotopic (exact) mass is 208 g/mol. The van der Waals surface area contributed by atoms with Crippen LogP contribution in [0.1, 0.15) is 51.4 Å². The summed E-state index contributed by atoms with van der Waals surface area (Å²) >= 11 is 0. The van der Waals surface area contributed by atoms with Gasteiger partial charge in [0.05, 0.1) is 5.41 Å². The van der Waals surface area contributed by atoms with E-state index in [-0.39, 0.29) is 5.41 Å². The van der Waals surface area contributed by atoms with Gasteiger partial charge in [-0.05, 0) is 43.4 Å². The Labute approximate surface area is 91.1 Å². The van der Waals surface area contributed by atoms with Crippen LogP contribution in [0.3, 0.4) is 0 Å². The fourth-order valence-electron chi connectivity index (χ4n) is 4.26. The van der Waals surface area contributed by atoms with Crippen LogP contribution in [0.25, 0.3) is 0 Å². The molecule has 3 fully saturated rings. The van der Waals surface area contributed by atoms with Gasteiger partial charge < -0.3 is 5.11 Å². The number of carboxylic acid groups (broad SMARTS) is 1. The second-order valence-corrected chi connectivity index (χ2v) is 6.04. The molecule has 84 valence electrons. The molecule has 0 spiro atoms. The molecule has 2 heteroatoms. The summed E-state index contributed by atoms with van der Waals surface area (Å²) in [6.45, 7) is 0. The summed E-state index contributed by atoms with van der Waals surface area (Å²) in [6, 6.07) is 0. The van der Waals surface area contributed by atoms with E-state index >= 15 is 0 Å². The van der Waals surface area contributed by atoms with Crippen LogP contribution in [0.4, 0.5) is 0 Å². The average molecular weight is 208 g/mol. The van der Waals surface area contributed by atoms with E-state index in [0.717, 1.165) is 24.7 Å². The molecule has 3 unspecified atom stereocenters. The number of hydrogen-bond acceptors (Lipinski definition) is 1. The maximum Gasteiger partial charge on any atom is 0.309 e. The molecule has 2 bridgehead atoms. The van der Waals surface area contributed by atoms with Crippen LogP contribution in [0.5, 0.6) is 0 Å². The zero-order valence-electron chi connectivity index (χ0n) is 9.24. The average Bonchev–Trinajstić information content (AvgIpc) is 2.70. The van der Waals surface area contributed by atoms with Gasteiger partial charge in [0.15, 0.2) is 0 Å². The first-order valence-corrected chi connectivity index (χ1v) is 6.44. The Morgan fingerprint density at radius 1 is 1.27 bits per heavy atom. The van der Waals surface area contributed by atoms with Gasteiger partial charge >= 0.3 is 5.97 Å². The number of fused-ring (bicyclic) bond motifs is 2. The van der Waals surface area contributed by atoms with E-state index < -0.39 is 5.97 Å². The Morgan fingerprint density at radius 3 is 2.47 bits per heavy atom. The highest BCUT2D eigenvalue weighted by molar-refractivity contribution is 5.76. The molecule has 2 nitrogen and oxygen atoms in total. The minimum Gasteiger partial charge on any atom is -0.481 e. The highest BCUT2D eigenvalue weighted by atomic mass is 16.4. The van der Waals surface area contributed by atoms with Gasteiger partial charge in [-0.15, -0.1) is 0 Å². The molecular formula is C13H20O2. The first-order valence-electron chi connectivity index (χ1n) is 6.44. The quantitative estimate of drug-likeness (QED) is 0.774. The van der Waals surface area contributed by atoms with Crippen molar-refractivity contribution < 1.29 is 9.90 Å². The highest BCUT2D eigenvalue weighted by Gasteiger charge is 2.56. The maximum absolute atomic E-state index is 11.6. The zero-order chi connectivity index (χ0) is 10.5. The molecule has 3 rings (SSSR count). The number of hydrogen-bond donors (Lipinski definition) is 1. The summed E-state index contributed by atoms with van der Waals surface area (Å²) in [5.74, 6) is 1.51. The predicted molar refractivity (Wildman–Crippen MR) is 57.5 cm³/mol. The van der Waals surface area contributed by atoms with Crippen molar-refractivity contribution in [1.29, 1.82) is 0 Å². The SMILES string of the molecule is O=C(O)C1(CC2CCC2)CC2CCC1C2. The lowest BCUT2D eigenvalue weighted by molar-refractivity contribution is -0.154. The summed E-state index contributed by atoms with van der Waals surface area (Å²) < 4.78 is 0. The lowest BCUT2D eigenvalue weighted by Crippen LogP contribution is -2.39. The van der Waals surface area contributed by atoms with Gasteiger partial charge in [-0.2, -0.15) is 0 Å². The number of carbonyl (C=O) groups is 1. The Kier molecular flexibility index (Phi) is 2.08. The highest BCUT2D eigenvalue weighted by Crippen LogP contribution is 2.59. The lowest BCUT2D eigenvalue weighted by Gasteiger charge is -2.39. The molecule has 15 heavy (non-hydrogen) atoms. The van der Waals surface area contributed by atoms with Gasteiger partial charge in [0.2, 0.25) is 0 Å². The van der Waals surface area contributed by atoms with Crippen molar-refractivity contribution in [2.75, 3.05) is 0 Å². The first-order chi connectivity index (χ1) is 7.21. The normalized spacial score (nSPS) is 44.3. The van der Waals surface area contributed by atoms with Gasteiger partial charge in [-0.3, -0.25) is 4.79 Å². The van der Waals surface area contributed by atoms with Crippen LogP contribution >= 0.6 is 0 Å². The topological polar surface area (TPSA) is 37.3 Å². The zero-order valence-corrected chi connectivity index (χ0v) is 9.24. The number of rotatable bonds is 3. The van der Waals surface area contributed by atoms with E-state index in [1.165, 1.54) is 38.5 Å². The minimum atomic E-state index is -0.485. The number of carboxylic acids is 1. The molecule has 1 N–H and O–H groups in total. The summed E-state index contributed by atoms with van der Waals surface area (Å²) in [5, 5.41) is 9.55. The van der Waals surface area contributed by atoms with E-state index in [0.29, 0.717) is 5.92 Å². The minimum absolute atomic E-state index is 0.298. The van der Waals surface area contributed by atoms with E-state index in [9.17, 15) is 9.90 Å². The van der Waals surface area contributed by atoms with Crippen LogP contribution in [0.2, 0.25) is 0 Å². The van der Waals surface area contributed by atoms with E-state index in [1.807, 2.05) is 0 Å². The third-order valence-electron chi connectivity index (χ3n) is 5.28. The largest absolute Gasteiger partial charge is 0.481 e. The molecular weight excluding hydrogens is 188 g/mol. The van der Waals surface area contributed by atoms with Crippen molar-refractivity contribution in [1.82, 2.24) is 0 Å². The standard InChI is InChI=1S/C13H20O2/c14-12(15)13(7-9-2-1-3-9)8-10-4-5-11(13)6-10/h9-11H,1-8H2,(H,14,15). The fraction of sp³-hybridized carbons (Fsp3) is 0.923. The molecule has 0 heterocycles. The lowest BCUT2D eigenvalue weighted by atomic mass is 9.64. The van der Waals surface area contributed by atoms with Crippen molar-refractivity contribution in [2.45, 2.75) is 51.4 Å². The molecule has 3 aliphatic carbocycles. The first kappa shape index (κ1) is 9.68. The molecule has 0 saturated heterocycles. The van der Waals surface area contributed by atoms with Crippen LogP contribution in [0, 0.1) is 23.2 Å². The molecule has 0 amide bonds. The molecule has 3 aliphatic rings. The molecule has 3 atom stereocenters. The summed E-state index contributed by atoms with van der Waals surface area (Å²) in [5.41, 5.74) is -0.298.